The molecule has 0 aliphatic heterocycles. The Bertz CT molecular complexity index is 627. The number of methoxy groups -OCH3 is 1. The van der Waals surface area contributed by atoms with Gasteiger partial charge in [0.25, 0.3) is 0 Å². The second kappa shape index (κ2) is 6.54. The molecule has 0 spiro atoms. The fraction of sp³-hybridized carbons (Fsp3) is 0.250. The Morgan fingerprint density at radius 3 is 2.43 bits per heavy atom. The number of hydrogen-bond acceptors (Lipinski definition) is 3. The lowest BCUT2D eigenvalue weighted by Crippen LogP contribution is -2.00. The first-order valence-corrected chi connectivity index (χ1v) is 6.44. The van der Waals surface area contributed by atoms with E-state index in [9.17, 15) is 13.9 Å². The van der Waals surface area contributed by atoms with Gasteiger partial charge in [0.1, 0.15) is 6.61 Å². The molecular weight excluding hydrogens is 278 g/mol. The number of ether oxygens (including phenoxy) is 2. The topological polar surface area (TPSA) is 38.7 Å². The Kier molecular flexibility index (Phi) is 4.75. The van der Waals surface area contributed by atoms with Crippen molar-refractivity contribution in [1.82, 2.24) is 0 Å². The van der Waals surface area contributed by atoms with Crippen molar-refractivity contribution in [3.05, 3.63) is 59.2 Å². The van der Waals surface area contributed by atoms with Crippen molar-refractivity contribution >= 4 is 0 Å². The molecule has 0 heterocycles. The molecule has 0 aliphatic rings. The highest BCUT2D eigenvalue weighted by atomic mass is 19.2. The minimum absolute atomic E-state index is 0.0849. The molecule has 0 amide bonds. The summed E-state index contributed by atoms with van der Waals surface area (Å²) in [6.07, 6.45) is -0.612. The summed E-state index contributed by atoms with van der Waals surface area (Å²) >= 11 is 0. The van der Waals surface area contributed by atoms with E-state index in [1.807, 2.05) is 0 Å². The molecule has 1 N–H and O–H groups in total. The summed E-state index contributed by atoms with van der Waals surface area (Å²) in [5.74, 6) is -0.868. The van der Waals surface area contributed by atoms with Gasteiger partial charge in [0, 0.05) is 0 Å². The first-order valence-electron chi connectivity index (χ1n) is 6.44. The van der Waals surface area contributed by atoms with Crippen molar-refractivity contribution in [2.75, 3.05) is 7.11 Å². The molecule has 0 aliphatic carbocycles. The van der Waals surface area contributed by atoms with Crippen molar-refractivity contribution in [1.29, 1.82) is 0 Å². The van der Waals surface area contributed by atoms with Crippen LogP contribution in [0.1, 0.15) is 24.2 Å². The molecule has 0 radical (unpaired) electrons. The second-order valence-electron chi connectivity index (χ2n) is 4.62. The quantitative estimate of drug-likeness (QED) is 0.915. The molecule has 5 heteroatoms. The van der Waals surface area contributed by atoms with E-state index in [1.54, 1.807) is 25.1 Å². The Morgan fingerprint density at radius 2 is 1.81 bits per heavy atom. The van der Waals surface area contributed by atoms with E-state index < -0.39 is 17.7 Å². The van der Waals surface area contributed by atoms with Gasteiger partial charge in [0.2, 0.25) is 0 Å². The van der Waals surface area contributed by atoms with Gasteiger partial charge in [-0.2, -0.15) is 0 Å². The summed E-state index contributed by atoms with van der Waals surface area (Å²) in [5, 5.41) is 9.53. The van der Waals surface area contributed by atoms with Crippen molar-refractivity contribution in [2.45, 2.75) is 19.6 Å². The number of aliphatic hydroxyl groups excluding tert-OH is 1. The minimum Gasteiger partial charge on any atom is -0.493 e. The van der Waals surface area contributed by atoms with Crippen LogP contribution in [-0.4, -0.2) is 12.2 Å². The van der Waals surface area contributed by atoms with Crippen LogP contribution in [0.25, 0.3) is 0 Å². The van der Waals surface area contributed by atoms with Crippen molar-refractivity contribution in [3.63, 3.8) is 0 Å². The SMILES string of the molecule is COc1cc([C@H](C)O)ccc1OCc1ccc(F)c(F)c1. The molecule has 0 aromatic heterocycles. The number of rotatable bonds is 5. The summed E-state index contributed by atoms with van der Waals surface area (Å²) in [4.78, 5) is 0. The third-order valence-electron chi connectivity index (χ3n) is 3.05. The predicted octanol–water partition coefficient (Wildman–Crippen LogP) is 3.61. The second-order valence-corrected chi connectivity index (χ2v) is 4.62. The standard InChI is InChI=1S/C16H16F2O3/c1-10(19)12-4-6-15(16(8-12)20-2)21-9-11-3-5-13(17)14(18)7-11/h3-8,10,19H,9H2,1-2H3/t10-/m0/s1. The third-order valence-corrected chi connectivity index (χ3v) is 3.05. The van der Waals surface area contributed by atoms with Crippen LogP contribution in [-0.2, 0) is 6.61 Å². The Morgan fingerprint density at radius 1 is 1.05 bits per heavy atom. The predicted molar refractivity (Wildman–Crippen MR) is 74.3 cm³/mol. The molecular formula is C16H16F2O3. The van der Waals surface area contributed by atoms with Gasteiger partial charge < -0.3 is 14.6 Å². The number of benzene rings is 2. The monoisotopic (exact) mass is 294 g/mol. The van der Waals surface area contributed by atoms with Gasteiger partial charge in [-0.25, -0.2) is 8.78 Å². The number of hydrogen-bond donors (Lipinski definition) is 1. The highest BCUT2D eigenvalue weighted by Crippen LogP contribution is 2.30. The summed E-state index contributed by atoms with van der Waals surface area (Å²) in [6.45, 7) is 1.73. The van der Waals surface area contributed by atoms with Gasteiger partial charge in [-0.3, -0.25) is 0 Å². The smallest absolute Gasteiger partial charge is 0.161 e. The minimum atomic E-state index is -0.910. The van der Waals surface area contributed by atoms with Gasteiger partial charge >= 0.3 is 0 Å². The maximum atomic E-state index is 13.1. The summed E-state index contributed by atoms with van der Waals surface area (Å²) in [7, 11) is 1.49. The molecule has 1 atom stereocenters. The lowest BCUT2D eigenvalue weighted by Gasteiger charge is -2.13. The molecule has 2 aromatic rings. The van der Waals surface area contributed by atoms with Crippen LogP contribution in [0, 0.1) is 11.6 Å². The number of aliphatic hydroxyl groups is 1. The molecule has 21 heavy (non-hydrogen) atoms. The van der Waals surface area contributed by atoms with E-state index in [1.165, 1.54) is 13.2 Å². The van der Waals surface area contributed by atoms with Crippen LogP contribution in [0.15, 0.2) is 36.4 Å². The van der Waals surface area contributed by atoms with E-state index in [2.05, 4.69) is 0 Å². The van der Waals surface area contributed by atoms with Gasteiger partial charge in [0.05, 0.1) is 13.2 Å². The molecule has 0 saturated carbocycles. The Hall–Kier alpha value is -2.14. The highest BCUT2D eigenvalue weighted by molar-refractivity contribution is 5.43. The van der Waals surface area contributed by atoms with Gasteiger partial charge in [-0.1, -0.05) is 12.1 Å². The van der Waals surface area contributed by atoms with Crippen LogP contribution >= 0.6 is 0 Å². The molecule has 0 bridgehead atoms. The molecule has 2 rings (SSSR count). The lowest BCUT2D eigenvalue weighted by atomic mass is 10.1. The first kappa shape index (κ1) is 15.3. The van der Waals surface area contributed by atoms with Crippen molar-refractivity contribution in [2.24, 2.45) is 0 Å². The van der Waals surface area contributed by atoms with Gasteiger partial charge in [-0.15, -0.1) is 0 Å². The third kappa shape index (κ3) is 3.70. The molecule has 2 aromatic carbocycles. The average molecular weight is 294 g/mol. The van der Waals surface area contributed by atoms with E-state index in [4.69, 9.17) is 9.47 Å². The fourth-order valence-corrected chi connectivity index (χ4v) is 1.85. The zero-order valence-electron chi connectivity index (χ0n) is 11.8. The Labute approximate surface area is 121 Å². The molecule has 3 nitrogen and oxygen atoms in total. The van der Waals surface area contributed by atoms with Crippen LogP contribution < -0.4 is 9.47 Å². The Balaban J connectivity index is 2.13. The van der Waals surface area contributed by atoms with Crippen LogP contribution in [0.5, 0.6) is 11.5 Å². The normalized spacial score (nSPS) is 12.0. The number of halogens is 2. The van der Waals surface area contributed by atoms with Crippen LogP contribution in [0.4, 0.5) is 8.78 Å². The maximum Gasteiger partial charge on any atom is 0.161 e. The summed E-state index contributed by atoms with van der Waals surface area (Å²) < 4.78 is 36.7. The molecule has 112 valence electrons. The van der Waals surface area contributed by atoms with Crippen LogP contribution in [0.2, 0.25) is 0 Å². The van der Waals surface area contributed by atoms with E-state index in [0.29, 0.717) is 22.6 Å². The van der Waals surface area contributed by atoms with E-state index in [-0.39, 0.29) is 6.61 Å². The van der Waals surface area contributed by atoms with Gasteiger partial charge in [0.15, 0.2) is 23.1 Å². The largest absolute Gasteiger partial charge is 0.493 e. The maximum absolute atomic E-state index is 13.1. The molecule has 0 fully saturated rings. The average Bonchev–Trinajstić information content (AvgIpc) is 2.48. The summed E-state index contributed by atoms with van der Waals surface area (Å²) in [5.41, 5.74) is 1.21. The molecule has 0 saturated heterocycles. The lowest BCUT2D eigenvalue weighted by molar-refractivity contribution is 0.198. The van der Waals surface area contributed by atoms with Crippen molar-refractivity contribution in [3.8, 4) is 11.5 Å². The first-order chi connectivity index (χ1) is 10.0. The van der Waals surface area contributed by atoms with Crippen LogP contribution in [0.3, 0.4) is 0 Å². The highest BCUT2D eigenvalue weighted by Gasteiger charge is 2.10. The molecule has 0 unspecified atom stereocenters. The zero-order valence-corrected chi connectivity index (χ0v) is 11.8. The van der Waals surface area contributed by atoms with Crippen molar-refractivity contribution < 1.29 is 23.4 Å². The summed E-state index contributed by atoms with van der Waals surface area (Å²) in [6, 6.07) is 8.66. The van der Waals surface area contributed by atoms with E-state index in [0.717, 1.165) is 12.1 Å². The fourth-order valence-electron chi connectivity index (χ4n) is 1.85. The van der Waals surface area contributed by atoms with E-state index >= 15 is 0 Å². The van der Waals surface area contributed by atoms with Gasteiger partial charge in [-0.05, 0) is 42.3 Å². The zero-order chi connectivity index (χ0) is 15.4.